The lowest BCUT2D eigenvalue weighted by molar-refractivity contribution is -0.139. The molecule has 0 bridgehead atoms. The van der Waals surface area contributed by atoms with Crippen LogP contribution in [0.4, 0.5) is 0 Å². The molecule has 0 amide bonds. The Morgan fingerprint density at radius 3 is 2.91 bits per heavy atom. The Morgan fingerprint density at radius 2 is 2.45 bits per heavy atom. The summed E-state index contributed by atoms with van der Waals surface area (Å²) in [6.45, 7) is 0.0382. The molecule has 0 heterocycles. The Morgan fingerprint density at radius 1 is 1.82 bits per heavy atom. The van der Waals surface area contributed by atoms with Crippen molar-refractivity contribution >= 4 is 12.3 Å². The number of hydrogen-bond acceptors (Lipinski definition) is 4. The van der Waals surface area contributed by atoms with E-state index in [1.807, 2.05) is 0 Å². The number of carbonyl (C=O) groups is 1. The van der Waals surface area contributed by atoms with Gasteiger partial charge in [-0.05, 0) is 0 Å². The number of carboxylic acid groups (broad SMARTS) is 1. The Bertz CT molecular complexity index is 148. The van der Waals surface area contributed by atoms with E-state index in [0.717, 1.165) is 0 Å². The van der Waals surface area contributed by atoms with E-state index in [0.29, 0.717) is 0 Å². The minimum Gasteiger partial charge on any atom is -0.481 e. The Balaban J connectivity index is 3.44. The molecule has 1 atom stereocenters. The molecule has 11 heavy (non-hydrogen) atoms. The van der Waals surface area contributed by atoms with Crippen LogP contribution >= 0.6 is 0 Å². The normalized spacial score (nSPS) is 13.3. The van der Waals surface area contributed by atoms with Gasteiger partial charge < -0.3 is 15.6 Å². The van der Waals surface area contributed by atoms with Gasteiger partial charge in [-0.15, -0.1) is 0 Å². The molecule has 0 aromatic heterocycles. The number of hydrazine groups is 1. The molecule has 6 nitrogen and oxygen atoms in total. The molecule has 0 aliphatic carbocycles. The summed E-state index contributed by atoms with van der Waals surface area (Å²) in [6, 6.07) is 0. The number of aliphatic hydroxyl groups excluding tert-OH is 1. The van der Waals surface area contributed by atoms with Gasteiger partial charge in [0.2, 0.25) is 0 Å². The van der Waals surface area contributed by atoms with Crippen LogP contribution in [0.1, 0.15) is 6.42 Å². The van der Waals surface area contributed by atoms with Gasteiger partial charge in [-0.1, -0.05) is 0 Å². The molecule has 0 rings (SSSR count). The summed E-state index contributed by atoms with van der Waals surface area (Å²) < 4.78 is 0. The number of nitrogens with two attached hydrogens (primary N) is 1. The topological polar surface area (TPSA) is 108 Å². The lowest BCUT2D eigenvalue weighted by Gasteiger charge is -2.01. The van der Waals surface area contributed by atoms with E-state index >= 15 is 0 Å². The second-order valence-electron chi connectivity index (χ2n) is 1.91. The zero-order valence-electron chi connectivity index (χ0n) is 5.90. The predicted octanol–water partition coefficient (Wildman–Crippen LogP) is -1.69. The molecule has 0 aliphatic rings. The van der Waals surface area contributed by atoms with E-state index in [9.17, 15) is 4.79 Å². The molecule has 5 N–H and O–H groups in total. The second kappa shape index (κ2) is 5.63. The first-order valence-electron chi connectivity index (χ1n) is 3.01. The van der Waals surface area contributed by atoms with Crippen molar-refractivity contribution in [1.29, 1.82) is 0 Å². The maximum Gasteiger partial charge on any atom is 0.306 e. The third kappa shape index (κ3) is 6.75. The highest BCUT2D eigenvalue weighted by Gasteiger charge is 2.06. The van der Waals surface area contributed by atoms with Gasteiger partial charge >= 0.3 is 5.97 Å². The average molecular weight is 161 g/mol. The van der Waals surface area contributed by atoms with E-state index in [1.54, 1.807) is 0 Å². The van der Waals surface area contributed by atoms with E-state index in [-0.39, 0.29) is 13.0 Å². The van der Waals surface area contributed by atoms with Gasteiger partial charge in [0.05, 0.1) is 25.4 Å². The van der Waals surface area contributed by atoms with E-state index in [4.69, 9.17) is 16.1 Å². The minimum absolute atomic E-state index is 0.0382. The summed E-state index contributed by atoms with van der Waals surface area (Å²) in [5.74, 6) is 3.77. The van der Waals surface area contributed by atoms with Crippen LogP contribution in [0.2, 0.25) is 0 Å². The van der Waals surface area contributed by atoms with Crippen LogP contribution in [0.15, 0.2) is 4.99 Å². The van der Waals surface area contributed by atoms with Gasteiger partial charge in [0.25, 0.3) is 0 Å². The van der Waals surface area contributed by atoms with Crippen molar-refractivity contribution in [2.45, 2.75) is 12.5 Å². The quantitative estimate of drug-likeness (QED) is 0.166. The van der Waals surface area contributed by atoms with E-state index in [1.165, 1.54) is 6.34 Å². The van der Waals surface area contributed by atoms with Gasteiger partial charge in [-0.3, -0.25) is 9.79 Å². The highest BCUT2D eigenvalue weighted by atomic mass is 16.4. The summed E-state index contributed by atoms with van der Waals surface area (Å²) in [6.07, 6.45) is -0.0652. The minimum atomic E-state index is -1.05. The summed E-state index contributed by atoms with van der Waals surface area (Å²) in [4.78, 5) is 13.6. The van der Waals surface area contributed by atoms with Crippen molar-refractivity contribution in [2.24, 2.45) is 10.8 Å². The zero-order valence-corrected chi connectivity index (χ0v) is 5.90. The van der Waals surface area contributed by atoms with Gasteiger partial charge in [0.1, 0.15) is 0 Å². The average Bonchev–Trinajstić information content (AvgIpc) is 1.86. The van der Waals surface area contributed by atoms with Crippen LogP contribution in [0.5, 0.6) is 0 Å². The van der Waals surface area contributed by atoms with Crippen molar-refractivity contribution in [2.75, 3.05) is 6.54 Å². The maximum absolute atomic E-state index is 9.99. The molecule has 64 valence electrons. The Kier molecular flexibility index (Phi) is 5.05. The fourth-order valence-electron chi connectivity index (χ4n) is 0.493. The first kappa shape index (κ1) is 9.86. The van der Waals surface area contributed by atoms with Gasteiger partial charge in [0.15, 0.2) is 0 Å². The number of aliphatic hydroxyl groups is 1. The van der Waals surface area contributed by atoms with E-state index in [2.05, 4.69) is 10.4 Å². The number of aliphatic carboxylic acids is 1. The number of nitrogens with zero attached hydrogens (tertiary/aromatic N) is 1. The van der Waals surface area contributed by atoms with Crippen LogP contribution < -0.4 is 11.3 Å². The first-order valence-corrected chi connectivity index (χ1v) is 3.01. The fourth-order valence-corrected chi connectivity index (χ4v) is 0.493. The monoisotopic (exact) mass is 161 g/mol. The number of aliphatic imine (C=N–C) groups is 1. The zero-order chi connectivity index (χ0) is 8.69. The lowest BCUT2D eigenvalue weighted by atomic mass is 10.2. The second-order valence-corrected chi connectivity index (χ2v) is 1.91. The first-order chi connectivity index (χ1) is 5.16. The van der Waals surface area contributed by atoms with Crippen molar-refractivity contribution in [3.8, 4) is 0 Å². The van der Waals surface area contributed by atoms with Crippen LogP contribution in [0.25, 0.3) is 0 Å². The molecule has 1 unspecified atom stereocenters. The highest BCUT2D eigenvalue weighted by Crippen LogP contribution is 1.90. The van der Waals surface area contributed by atoms with Crippen molar-refractivity contribution in [3.05, 3.63) is 0 Å². The van der Waals surface area contributed by atoms with Crippen molar-refractivity contribution < 1.29 is 15.0 Å². The number of carboxylic acids is 1. The molecule has 0 saturated carbocycles. The number of nitrogens with one attached hydrogen (secondary N) is 1. The molecule has 0 aromatic rings. The van der Waals surface area contributed by atoms with Crippen molar-refractivity contribution in [3.63, 3.8) is 0 Å². The number of hydrogen-bond donors (Lipinski definition) is 4. The molecular weight excluding hydrogens is 150 g/mol. The molecule has 0 aliphatic heterocycles. The van der Waals surface area contributed by atoms with Crippen LogP contribution in [-0.4, -0.2) is 35.2 Å². The van der Waals surface area contributed by atoms with Crippen LogP contribution in [0, 0.1) is 0 Å². The Hall–Kier alpha value is -1.14. The molecule has 0 fully saturated rings. The predicted molar refractivity (Wildman–Crippen MR) is 38.9 cm³/mol. The van der Waals surface area contributed by atoms with Crippen LogP contribution in [-0.2, 0) is 4.79 Å². The molecule has 6 heteroatoms. The summed E-state index contributed by atoms with van der Waals surface area (Å²) in [5, 5.41) is 17.1. The summed E-state index contributed by atoms with van der Waals surface area (Å²) >= 11 is 0. The Labute approximate surface area is 63.7 Å². The molecular formula is C5H11N3O3. The lowest BCUT2D eigenvalue weighted by Crippen LogP contribution is -2.21. The third-order valence-corrected chi connectivity index (χ3v) is 0.892. The van der Waals surface area contributed by atoms with Gasteiger partial charge in [-0.2, -0.15) is 0 Å². The number of rotatable bonds is 5. The van der Waals surface area contributed by atoms with E-state index < -0.39 is 12.1 Å². The van der Waals surface area contributed by atoms with Gasteiger partial charge in [0, 0.05) is 0 Å². The molecule has 0 aromatic carbocycles. The SMILES string of the molecule is NNC=NCC(O)CC(=O)O. The molecule has 0 spiro atoms. The standard InChI is InChI=1S/C5H11N3O3/c6-8-3-7-2-4(9)1-5(10)11/h3-4,9H,1-2,6H2,(H,7,8)(H,10,11). The fraction of sp³-hybridized carbons (Fsp3) is 0.600. The highest BCUT2D eigenvalue weighted by molar-refractivity contribution is 5.67. The van der Waals surface area contributed by atoms with Crippen molar-refractivity contribution in [1.82, 2.24) is 5.43 Å². The molecule has 0 radical (unpaired) electrons. The van der Waals surface area contributed by atoms with Gasteiger partial charge in [-0.25, -0.2) is 5.84 Å². The largest absolute Gasteiger partial charge is 0.481 e. The third-order valence-electron chi connectivity index (χ3n) is 0.892. The molecule has 0 saturated heterocycles. The summed E-state index contributed by atoms with van der Waals surface area (Å²) in [5.41, 5.74) is 2.13. The maximum atomic E-state index is 9.99. The summed E-state index contributed by atoms with van der Waals surface area (Å²) in [7, 11) is 0. The van der Waals surface area contributed by atoms with Crippen LogP contribution in [0.3, 0.4) is 0 Å². The smallest absolute Gasteiger partial charge is 0.306 e.